The van der Waals surface area contributed by atoms with Crippen LogP contribution in [-0.2, 0) is 4.79 Å². The molecule has 2 fully saturated rings. The molecule has 0 aromatic carbocycles. The number of hydrogen-bond acceptors (Lipinski definition) is 3. The van der Waals surface area contributed by atoms with Gasteiger partial charge in [-0.15, -0.1) is 0 Å². The molecule has 3 nitrogen and oxygen atoms in total. The summed E-state index contributed by atoms with van der Waals surface area (Å²) in [4.78, 5) is 22.1. The van der Waals surface area contributed by atoms with Crippen molar-refractivity contribution in [3.63, 3.8) is 0 Å². The Morgan fingerprint density at radius 2 is 1.91 bits per heavy atom. The molecular formula is C7H9NO2S. The van der Waals surface area contributed by atoms with Crippen LogP contribution in [0, 0.1) is 0 Å². The van der Waals surface area contributed by atoms with Crippen molar-refractivity contribution >= 4 is 22.9 Å². The van der Waals surface area contributed by atoms with Crippen LogP contribution in [0.4, 0.5) is 4.79 Å². The van der Waals surface area contributed by atoms with Gasteiger partial charge < -0.3 is 0 Å². The third kappa shape index (κ3) is 0.965. The summed E-state index contributed by atoms with van der Waals surface area (Å²) in [5, 5.41) is 2.17. The summed E-state index contributed by atoms with van der Waals surface area (Å²) in [7, 11) is 0. The van der Waals surface area contributed by atoms with E-state index in [-0.39, 0.29) is 15.9 Å². The SMILES string of the molecule is O=C1NC(=O)C2(CCCC2)S1. The van der Waals surface area contributed by atoms with Crippen LogP contribution in [0.2, 0.25) is 0 Å². The van der Waals surface area contributed by atoms with Gasteiger partial charge in [0.1, 0.15) is 4.75 Å². The Labute approximate surface area is 68.9 Å². The molecule has 4 heteroatoms. The van der Waals surface area contributed by atoms with Crippen molar-refractivity contribution < 1.29 is 9.59 Å². The Bertz CT molecular complexity index is 220. The lowest BCUT2D eigenvalue weighted by molar-refractivity contribution is -0.121. The highest BCUT2D eigenvalue weighted by molar-refractivity contribution is 8.16. The molecule has 0 aromatic heterocycles. The van der Waals surface area contributed by atoms with Crippen LogP contribution in [0.15, 0.2) is 0 Å². The van der Waals surface area contributed by atoms with Gasteiger partial charge in [0, 0.05) is 0 Å². The molecule has 1 aliphatic carbocycles. The van der Waals surface area contributed by atoms with E-state index in [2.05, 4.69) is 5.32 Å². The van der Waals surface area contributed by atoms with Gasteiger partial charge in [-0.25, -0.2) is 0 Å². The zero-order chi connectivity index (χ0) is 7.90. The normalized spacial score (nSPS) is 28.0. The Morgan fingerprint density at radius 1 is 1.27 bits per heavy atom. The Kier molecular flexibility index (Phi) is 1.45. The molecule has 11 heavy (non-hydrogen) atoms. The van der Waals surface area contributed by atoms with E-state index in [1.165, 1.54) is 11.8 Å². The third-order valence-electron chi connectivity index (χ3n) is 2.33. The largest absolute Gasteiger partial charge is 0.286 e. The van der Waals surface area contributed by atoms with E-state index >= 15 is 0 Å². The van der Waals surface area contributed by atoms with Gasteiger partial charge in [0.2, 0.25) is 5.91 Å². The number of imide groups is 1. The van der Waals surface area contributed by atoms with E-state index < -0.39 is 0 Å². The van der Waals surface area contributed by atoms with Crippen LogP contribution in [0.1, 0.15) is 25.7 Å². The van der Waals surface area contributed by atoms with Crippen molar-refractivity contribution in [2.75, 3.05) is 0 Å². The third-order valence-corrected chi connectivity index (χ3v) is 3.60. The molecule has 2 rings (SSSR count). The fourth-order valence-electron chi connectivity index (χ4n) is 1.73. The predicted molar refractivity (Wildman–Crippen MR) is 42.3 cm³/mol. The molecule has 1 spiro atoms. The summed E-state index contributed by atoms with van der Waals surface area (Å²) in [6, 6.07) is 0. The first-order valence-corrected chi connectivity index (χ1v) is 4.59. The van der Waals surface area contributed by atoms with Crippen molar-refractivity contribution in [2.45, 2.75) is 30.4 Å². The van der Waals surface area contributed by atoms with Gasteiger partial charge in [-0.05, 0) is 24.6 Å². The number of nitrogens with one attached hydrogen (secondary N) is 1. The molecule has 0 unspecified atom stereocenters. The lowest BCUT2D eigenvalue weighted by Crippen LogP contribution is -2.33. The van der Waals surface area contributed by atoms with Crippen LogP contribution in [0.25, 0.3) is 0 Å². The smallest absolute Gasteiger partial charge is 0.286 e. The Morgan fingerprint density at radius 3 is 2.36 bits per heavy atom. The average Bonchev–Trinajstić information content (AvgIpc) is 2.45. The summed E-state index contributed by atoms with van der Waals surface area (Å²) in [5.41, 5.74) is 0. The maximum absolute atomic E-state index is 11.3. The minimum Gasteiger partial charge on any atom is -0.286 e. The number of amides is 2. The summed E-state index contributed by atoms with van der Waals surface area (Å²) in [6.07, 6.45) is 3.89. The maximum atomic E-state index is 11.3. The summed E-state index contributed by atoms with van der Waals surface area (Å²) < 4.78 is -0.364. The molecule has 2 aliphatic rings. The standard InChI is InChI=1S/C7H9NO2S/c9-5-7(3-1-2-4-7)11-6(10)8-5/h1-4H2,(H,8,9,10). The van der Waals surface area contributed by atoms with E-state index in [0.29, 0.717) is 0 Å². The highest BCUT2D eigenvalue weighted by atomic mass is 32.2. The molecule has 0 atom stereocenters. The second kappa shape index (κ2) is 2.24. The Balaban J connectivity index is 2.24. The highest BCUT2D eigenvalue weighted by Crippen LogP contribution is 2.44. The second-order valence-corrected chi connectivity index (χ2v) is 4.40. The van der Waals surface area contributed by atoms with E-state index in [1.807, 2.05) is 0 Å². The first kappa shape index (κ1) is 7.16. The molecule has 1 N–H and O–H groups in total. The fraction of sp³-hybridized carbons (Fsp3) is 0.714. The number of carbonyl (C=O) groups is 2. The molecule has 0 radical (unpaired) electrons. The highest BCUT2D eigenvalue weighted by Gasteiger charge is 2.49. The fourth-order valence-corrected chi connectivity index (χ4v) is 2.87. The number of rotatable bonds is 0. The summed E-state index contributed by atoms with van der Waals surface area (Å²) in [5.74, 6) is -0.0648. The number of hydrogen-bond donors (Lipinski definition) is 1. The lowest BCUT2D eigenvalue weighted by Gasteiger charge is -2.14. The number of thioether (sulfide) groups is 1. The molecule has 0 aromatic rings. The summed E-state index contributed by atoms with van der Waals surface area (Å²) in [6.45, 7) is 0. The molecular weight excluding hydrogens is 162 g/mol. The predicted octanol–water partition coefficient (Wildman–Crippen LogP) is 1.28. The molecule has 1 saturated heterocycles. The van der Waals surface area contributed by atoms with Crippen LogP contribution in [0.5, 0.6) is 0 Å². The first-order chi connectivity index (χ1) is 5.23. The van der Waals surface area contributed by atoms with Crippen molar-refractivity contribution in [2.24, 2.45) is 0 Å². The molecule has 1 saturated carbocycles. The molecule has 1 aliphatic heterocycles. The van der Waals surface area contributed by atoms with Crippen molar-refractivity contribution in [1.29, 1.82) is 0 Å². The van der Waals surface area contributed by atoms with Crippen LogP contribution in [0.3, 0.4) is 0 Å². The number of carbonyl (C=O) groups excluding carboxylic acids is 2. The van der Waals surface area contributed by atoms with Crippen molar-refractivity contribution in [3.05, 3.63) is 0 Å². The van der Waals surface area contributed by atoms with Crippen LogP contribution in [-0.4, -0.2) is 15.9 Å². The molecule has 2 amide bonds. The van der Waals surface area contributed by atoms with E-state index in [9.17, 15) is 9.59 Å². The van der Waals surface area contributed by atoms with Gasteiger partial charge in [-0.3, -0.25) is 14.9 Å². The maximum Gasteiger partial charge on any atom is 0.286 e. The quantitative estimate of drug-likeness (QED) is 0.597. The van der Waals surface area contributed by atoms with Gasteiger partial charge in [0.25, 0.3) is 5.24 Å². The zero-order valence-corrected chi connectivity index (χ0v) is 6.87. The van der Waals surface area contributed by atoms with E-state index in [4.69, 9.17) is 0 Å². The molecule has 1 heterocycles. The first-order valence-electron chi connectivity index (χ1n) is 3.77. The molecule has 60 valence electrons. The van der Waals surface area contributed by atoms with Crippen LogP contribution >= 0.6 is 11.8 Å². The minimum absolute atomic E-state index is 0.0648. The second-order valence-electron chi connectivity index (χ2n) is 3.05. The van der Waals surface area contributed by atoms with Gasteiger partial charge in [-0.2, -0.15) is 0 Å². The van der Waals surface area contributed by atoms with Crippen LogP contribution < -0.4 is 5.32 Å². The lowest BCUT2D eigenvalue weighted by atomic mass is 10.1. The van der Waals surface area contributed by atoms with Gasteiger partial charge >= 0.3 is 0 Å². The Hall–Kier alpha value is -0.510. The monoisotopic (exact) mass is 171 g/mol. The van der Waals surface area contributed by atoms with E-state index in [1.54, 1.807) is 0 Å². The van der Waals surface area contributed by atoms with Crippen molar-refractivity contribution in [1.82, 2.24) is 5.32 Å². The summed E-state index contributed by atoms with van der Waals surface area (Å²) >= 11 is 1.18. The van der Waals surface area contributed by atoms with E-state index in [0.717, 1.165) is 25.7 Å². The average molecular weight is 171 g/mol. The van der Waals surface area contributed by atoms with Gasteiger partial charge in [-0.1, -0.05) is 12.8 Å². The van der Waals surface area contributed by atoms with Crippen molar-refractivity contribution in [3.8, 4) is 0 Å². The topological polar surface area (TPSA) is 46.2 Å². The molecule has 0 bridgehead atoms. The van der Waals surface area contributed by atoms with Gasteiger partial charge in [0.15, 0.2) is 0 Å². The zero-order valence-electron chi connectivity index (χ0n) is 6.05. The van der Waals surface area contributed by atoms with Gasteiger partial charge in [0.05, 0.1) is 0 Å². The minimum atomic E-state index is -0.364.